The molecular formula is C26H34N2O3Se. The van der Waals surface area contributed by atoms with Crippen molar-refractivity contribution in [3.8, 4) is 10.7 Å². The van der Waals surface area contributed by atoms with Crippen LogP contribution in [-0.4, -0.2) is 31.8 Å². The van der Waals surface area contributed by atoms with Crippen molar-refractivity contribution in [3.63, 3.8) is 0 Å². The number of aromatic hydroxyl groups is 1. The van der Waals surface area contributed by atoms with Gasteiger partial charge in [-0.2, -0.15) is 0 Å². The molecule has 0 aliphatic heterocycles. The Morgan fingerprint density at radius 1 is 1.22 bits per heavy atom. The number of rotatable bonds is 8. The van der Waals surface area contributed by atoms with E-state index in [1.54, 1.807) is 0 Å². The SMILES string of the molecule is C[C@]12CC[C@@H]3c4cc(NC(=O)CCCCCC[Se]C#N)c(O)cc4CC[C@H]3[C@@H]1CCC2=O. The van der Waals surface area contributed by atoms with Crippen LogP contribution in [0.25, 0.3) is 0 Å². The third-order valence-electron chi connectivity index (χ3n) is 8.29. The van der Waals surface area contributed by atoms with E-state index >= 15 is 0 Å². The number of unbranched alkanes of at least 4 members (excludes halogenated alkanes) is 3. The smallest absolute Gasteiger partial charge is 0.299 e. The number of ketones is 1. The number of benzene rings is 1. The number of fused-ring (bicyclic) bond motifs is 5. The van der Waals surface area contributed by atoms with Crippen LogP contribution in [0.5, 0.6) is 5.75 Å². The minimum atomic E-state index is -0.137. The molecular weight excluding hydrogens is 467 g/mol. The van der Waals surface area contributed by atoms with Crippen molar-refractivity contribution in [1.29, 1.82) is 5.26 Å². The van der Waals surface area contributed by atoms with Crippen LogP contribution in [0.1, 0.15) is 88.2 Å². The van der Waals surface area contributed by atoms with E-state index in [9.17, 15) is 14.7 Å². The van der Waals surface area contributed by atoms with Crippen molar-refractivity contribution < 1.29 is 14.7 Å². The molecule has 172 valence electrons. The third kappa shape index (κ3) is 4.61. The normalized spacial score (nSPS) is 28.4. The first-order valence-electron chi connectivity index (χ1n) is 12.1. The van der Waals surface area contributed by atoms with E-state index < -0.39 is 0 Å². The molecule has 1 aromatic rings. The molecule has 2 N–H and O–H groups in total. The fourth-order valence-electron chi connectivity index (χ4n) is 6.55. The minimum Gasteiger partial charge on any atom is -0.299 e. The summed E-state index contributed by atoms with van der Waals surface area (Å²) in [6.45, 7) is 2.19. The van der Waals surface area contributed by atoms with Crippen LogP contribution >= 0.6 is 0 Å². The predicted octanol–water partition coefficient (Wildman–Crippen LogP) is 5.31. The fourth-order valence-corrected chi connectivity index (χ4v) is 7.47. The summed E-state index contributed by atoms with van der Waals surface area (Å²) in [4.78, 5) is 27.3. The average Bonchev–Trinajstić information content (AvgIpc) is 3.08. The first-order chi connectivity index (χ1) is 15.4. The zero-order chi connectivity index (χ0) is 22.7. The van der Waals surface area contributed by atoms with Crippen molar-refractivity contribution in [2.45, 2.75) is 88.8 Å². The molecule has 0 spiro atoms. The second kappa shape index (κ2) is 9.98. The number of nitrogens with zero attached hydrogens (tertiary/aromatic N) is 1. The van der Waals surface area contributed by atoms with E-state index in [4.69, 9.17) is 5.26 Å². The molecule has 1 aromatic carbocycles. The summed E-state index contributed by atoms with van der Waals surface area (Å²) in [6, 6.07) is 3.87. The number of phenols is 1. The Balaban J connectivity index is 1.39. The number of nitriles is 1. The Morgan fingerprint density at radius 3 is 2.84 bits per heavy atom. The third-order valence-corrected chi connectivity index (χ3v) is 9.59. The molecule has 0 bridgehead atoms. The Hall–Kier alpha value is -1.83. The standard InChI is InChI=1S/C26H34N2O3Se/c1-26-12-11-18-19(21(26)9-10-24(26)30)8-7-17-14-23(29)22(15-20(17)18)28-25(31)6-4-2-3-5-13-32-16-27/h14-15,18-19,21,29H,2-13H2,1H3,(H,28,31)/t18-,19+,21-,26-/m0/s1. The summed E-state index contributed by atoms with van der Waals surface area (Å²) in [5.74, 6) is 1.99. The first-order valence-corrected chi connectivity index (χ1v) is 14.2. The van der Waals surface area contributed by atoms with Gasteiger partial charge < -0.3 is 0 Å². The summed E-state index contributed by atoms with van der Waals surface area (Å²) in [6.07, 6.45) is 10.1. The minimum absolute atomic E-state index is 0.0496. The number of Topliss-reactive ketones (excluding diaryl/α,β-unsaturated/α-hetero) is 1. The van der Waals surface area contributed by atoms with Crippen molar-refractivity contribution >= 4 is 32.3 Å². The zero-order valence-corrected chi connectivity index (χ0v) is 20.7. The molecule has 3 aliphatic rings. The molecule has 5 nitrogen and oxygen atoms in total. The van der Waals surface area contributed by atoms with E-state index in [1.807, 2.05) is 12.1 Å². The Bertz CT molecular complexity index is 924. The van der Waals surface area contributed by atoms with Gasteiger partial charge >= 0.3 is 124 Å². The molecule has 2 saturated carbocycles. The van der Waals surface area contributed by atoms with E-state index in [1.165, 1.54) is 11.1 Å². The van der Waals surface area contributed by atoms with Crippen LogP contribution in [-0.2, 0) is 16.0 Å². The Morgan fingerprint density at radius 2 is 2.03 bits per heavy atom. The summed E-state index contributed by atoms with van der Waals surface area (Å²) in [7, 11) is 0. The van der Waals surface area contributed by atoms with Gasteiger partial charge in [-0.15, -0.1) is 0 Å². The van der Waals surface area contributed by atoms with E-state index in [0.29, 0.717) is 35.6 Å². The van der Waals surface area contributed by atoms with Crippen LogP contribution < -0.4 is 5.32 Å². The average molecular weight is 502 g/mol. The Labute approximate surface area is 197 Å². The molecule has 3 aliphatic carbocycles. The van der Waals surface area contributed by atoms with Crippen molar-refractivity contribution in [2.75, 3.05) is 5.32 Å². The quantitative estimate of drug-likeness (QED) is 0.287. The molecule has 2 fully saturated rings. The van der Waals surface area contributed by atoms with Gasteiger partial charge in [-0.1, -0.05) is 6.92 Å². The number of carbonyl (C=O) groups is 2. The van der Waals surface area contributed by atoms with Gasteiger partial charge in [0.15, 0.2) is 0 Å². The van der Waals surface area contributed by atoms with Gasteiger partial charge in [-0.3, -0.25) is 4.79 Å². The van der Waals surface area contributed by atoms with Gasteiger partial charge in [0.05, 0.1) is 0 Å². The number of hydrogen-bond donors (Lipinski definition) is 2. The maximum atomic E-state index is 12.6. The summed E-state index contributed by atoms with van der Waals surface area (Å²) >= 11 is 0.102. The summed E-state index contributed by atoms with van der Waals surface area (Å²) < 4.78 is 0. The van der Waals surface area contributed by atoms with Crippen molar-refractivity contribution in [2.24, 2.45) is 17.3 Å². The molecule has 0 saturated heterocycles. The van der Waals surface area contributed by atoms with E-state index in [2.05, 4.69) is 17.2 Å². The molecule has 32 heavy (non-hydrogen) atoms. The molecule has 4 rings (SSSR count). The molecule has 0 radical (unpaired) electrons. The zero-order valence-electron chi connectivity index (χ0n) is 19.0. The molecule has 0 aromatic heterocycles. The number of hydrogen-bond acceptors (Lipinski definition) is 4. The second-order valence-electron chi connectivity index (χ2n) is 10.1. The van der Waals surface area contributed by atoms with Crippen LogP contribution in [0.2, 0.25) is 5.32 Å². The monoisotopic (exact) mass is 502 g/mol. The van der Waals surface area contributed by atoms with E-state index in [0.717, 1.165) is 69.5 Å². The molecule has 1 amide bonds. The molecule has 4 atom stereocenters. The van der Waals surface area contributed by atoms with Gasteiger partial charge in [0.1, 0.15) is 5.78 Å². The van der Waals surface area contributed by atoms with Crippen LogP contribution in [0.15, 0.2) is 12.1 Å². The van der Waals surface area contributed by atoms with E-state index in [-0.39, 0.29) is 32.0 Å². The maximum absolute atomic E-state index is 12.6. The van der Waals surface area contributed by atoms with Crippen molar-refractivity contribution in [1.82, 2.24) is 0 Å². The number of aryl methyl sites for hydroxylation is 1. The first kappa shape index (κ1) is 23.3. The fraction of sp³-hybridized carbons (Fsp3) is 0.654. The second-order valence-corrected chi connectivity index (χ2v) is 11.9. The summed E-state index contributed by atoms with van der Waals surface area (Å²) in [5, 5.41) is 23.1. The van der Waals surface area contributed by atoms with Crippen LogP contribution in [0.4, 0.5) is 5.69 Å². The molecule has 0 unspecified atom stereocenters. The van der Waals surface area contributed by atoms with Gasteiger partial charge in [0.2, 0.25) is 0 Å². The molecule has 6 heteroatoms. The number of phenolic OH excluding ortho intramolecular Hbond substituents is 1. The van der Waals surface area contributed by atoms with Gasteiger partial charge in [0, 0.05) is 11.8 Å². The molecule has 0 heterocycles. The number of carbonyl (C=O) groups excluding carboxylic acids is 2. The number of nitrogens with one attached hydrogen (secondary N) is 1. The van der Waals surface area contributed by atoms with Gasteiger partial charge in [-0.05, 0) is 43.9 Å². The van der Waals surface area contributed by atoms with Crippen LogP contribution in [0.3, 0.4) is 0 Å². The Kier molecular flexibility index (Phi) is 7.27. The topological polar surface area (TPSA) is 90.2 Å². The predicted molar refractivity (Wildman–Crippen MR) is 126 cm³/mol. The van der Waals surface area contributed by atoms with Crippen LogP contribution in [0, 0.1) is 27.5 Å². The van der Waals surface area contributed by atoms with Gasteiger partial charge in [-0.25, -0.2) is 0 Å². The van der Waals surface area contributed by atoms with Gasteiger partial charge in [0.25, 0.3) is 0 Å². The van der Waals surface area contributed by atoms with Crippen molar-refractivity contribution in [3.05, 3.63) is 23.3 Å². The number of anilines is 1. The summed E-state index contributed by atoms with van der Waals surface area (Å²) in [5.41, 5.74) is 2.87. The number of amides is 1.